The number of methoxy groups -OCH3 is 1. The van der Waals surface area contributed by atoms with Gasteiger partial charge in [0.2, 0.25) is 0 Å². The number of nitrogens with zero attached hydrogens (tertiary/aromatic N) is 1. The largest absolute Gasteiger partial charge is 0.391 e. The summed E-state index contributed by atoms with van der Waals surface area (Å²) in [7, 11) is 1.69. The minimum Gasteiger partial charge on any atom is -0.391 e. The van der Waals surface area contributed by atoms with E-state index in [-0.39, 0.29) is 36.6 Å². The number of benzene rings is 1. The molecule has 5 nitrogen and oxygen atoms in total. The maximum atomic E-state index is 13.5. The number of β-amino-alcohol motifs (C(OH)–C–C–N with tert-alkyl or cyclic N) is 1. The lowest BCUT2D eigenvalue weighted by molar-refractivity contribution is 0.106. The third-order valence-electron chi connectivity index (χ3n) is 4.82. The molecule has 23 heavy (non-hydrogen) atoms. The van der Waals surface area contributed by atoms with E-state index in [1.54, 1.807) is 24.1 Å². The lowest BCUT2D eigenvalue weighted by Crippen LogP contribution is -2.44. The van der Waals surface area contributed by atoms with Crippen molar-refractivity contribution in [1.29, 1.82) is 0 Å². The molecule has 1 saturated carbocycles. The lowest BCUT2D eigenvalue weighted by Gasteiger charge is -2.27. The van der Waals surface area contributed by atoms with Gasteiger partial charge in [-0.1, -0.05) is 12.1 Å². The van der Waals surface area contributed by atoms with Gasteiger partial charge in [0.05, 0.1) is 18.2 Å². The quantitative estimate of drug-likeness (QED) is 0.897. The molecule has 6 heteroatoms. The van der Waals surface area contributed by atoms with Crippen LogP contribution < -0.4 is 5.32 Å². The van der Waals surface area contributed by atoms with E-state index in [0.717, 1.165) is 24.8 Å². The van der Waals surface area contributed by atoms with Crippen molar-refractivity contribution < 1.29 is 19.0 Å². The Kier molecular flexibility index (Phi) is 4.82. The van der Waals surface area contributed by atoms with Gasteiger partial charge in [0, 0.05) is 19.7 Å². The number of aliphatic hydroxyl groups is 1. The Morgan fingerprint density at radius 1 is 1.39 bits per heavy atom. The second-order valence-electron chi connectivity index (χ2n) is 6.43. The predicted octanol–water partition coefficient (Wildman–Crippen LogP) is 2.21. The van der Waals surface area contributed by atoms with E-state index in [9.17, 15) is 14.3 Å². The van der Waals surface area contributed by atoms with E-state index >= 15 is 0 Å². The van der Waals surface area contributed by atoms with E-state index in [4.69, 9.17) is 4.74 Å². The number of likely N-dealkylation sites (tertiary alicyclic amines) is 1. The second-order valence-corrected chi connectivity index (χ2v) is 6.43. The summed E-state index contributed by atoms with van der Waals surface area (Å²) in [5.41, 5.74) is 0.720. The van der Waals surface area contributed by atoms with Crippen LogP contribution in [0.2, 0.25) is 0 Å². The van der Waals surface area contributed by atoms with Crippen molar-refractivity contribution in [2.75, 3.05) is 13.7 Å². The molecule has 126 valence electrons. The fourth-order valence-corrected chi connectivity index (χ4v) is 3.61. The van der Waals surface area contributed by atoms with Gasteiger partial charge in [-0.3, -0.25) is 0 Å². The molecule has 0 spiro atoms. The average Bonchev–Trinajstić information content (AvgIpc) is 3.13. The number of aliphatic hydroxyl groups excluding tert-OH is 1. The van der Waals surface area contributed by atoms with Crippen LogP contribution in [0.3, 0.4) is 0 Å². The minimum atomic E-state index is -0.579. The first-order valence-corrected chi connectivity index (χ1v) is 8.10. The number of carbonyl (C=O) groups is 1. The van der Waals surface area contributed by atoms with Crippen LogP contribution in [0, 0.1) is 5.82 Å². The first kappa shape index (κ1) is 16.2. The van der Waals surface area contributed by atoms with Gasteiger partial charge in [-0.15, -0.1) is 0 Å². The van der Waals surface area contributed by atoms with Crippen molar-refractivity contribution in [2.24, 2.45) is 0 Å². The molecular formula is C17H23FN2O3. The van der Waals surface area contributed by atoms with Crippen LogP contribution in [0.25, 0.3) is 0 Å². The summed E-state index contributed by atoms with van der Waals surface area (Å²) in [6, 6.07) is 5.84. The van der Waals surface area contributed by atoms with Gasteiger partial charge >= 0.3 is 6.03 Å². The molecule has 2 amide bonds. The van der Waals surface area contributed by atoms with Crippen molar-refractivity contribution in [3.63, 3.8) is 0 Å². The fraction of sp³-hybridized carbons (Fsp3) is 0.588. The Bertz CT molecular complexity index is 569. The van der Waals surface area contributed by atoms with E-state index in [1.165, 1.54) is 12.1 Å². The number of ether oxygens (including phenoxy) is 1. The highest BCUT2D eigenvalue weighted by Gasteiger charge is 2.37. The number of nitrogens with one attached hydrogen (secondary N) is 1. The van der Waals surface area contributed by atoms with Crippen molar-refractivity contribution in [3.05, 3.63) is 35.6 Å². The summed E-state index contributed by atoms with van der Waals surface area (Å²) in [4.78, 5) is 14.2. The molecule has 2 aliphatic rings. The van der Waals surface area contributed by atoms with E-state index in [0.29, 0.717) is 6.42 Å². The van der Waals surface area contributed by atoms with Gasteiger partial charge in [0.15, 0.2) is 0 Å². The number of hydrogen-bond donors (Lipinski definition) is 2. The molecular weight excluding hydrogens is 299 g/mol. The highest BCUT2D eigenvalue weighted by atomic mass is 19.1. The molecule has 1 aromatic rings. The number of hydrogen-bond acceptors (Lipinski definition) is 3. The Morgan fingerprint density at radius 2 is 2.22 bits per heavy atom. The molecule has 3 rings (SSSR count). The van der Waals surface area contributed by atoms with Crippen LogP contribution in [-0.4, -0.2) is 47.9 Å². The molecule has 1 aliphatic carbocycles. The van der Waals surface area contributed by atoms with Crippen LogP contribution in [-0.2, 0) is 4.74 Å². The zero-order valence-electron chi connectivity index (χ0n) is 13.2. The summed E-state index contributed by atoms with van der Waals surface area (Å²) in [5, 5.41) is 13.0. The maximum absolute atomic E-state index is 13.5. The maximum Gasteiger partial charge on any atom is 0.318 e. The molecule has 2 N–H and O–H groups in total. The summed E-state index contributed by atoms with van der Waals surface area (Å²) >= 11 is 0. The Balaban J connectivity index is 1.68. The Hall–Kier alpha value is -1.66. The molecule has 0 aromatic heterocycles. The van der Waals surface area contributed by atoms with Crippen LogP contribution in [0.5, 0.6) is 0 Å². The van der Waals surface area contributed by atoms with Crippen LogP contribution >= 0.6 is 0 Å². The standard InChI is InChI=1S/C17H23FN2O3/c1-23-15-6-5-13(8-15)19-17(22)20-10-14(21)9-16(20)11-3-2-4-12(18)7-11/h2-4,7,13-16,21H,5-6,8-10H2,1H3,(H,19,22)/t13-,14-,15+,16+/m0/s1. The summed E-state index contributed by atoms with van der Waals surface area (Å²) in [5.74, 6) is -0.331. The number of halogens is 1. The molecule has 1 saturated heterocycles. The number of rotatable bonds is 3. The van der Waals surface area contributed by atoms with Crippen LogP contribution in [0.1, 0.15) is 37.3 Å². The smallest absolute Gasteiger partial charge is 0.318 e. The lowest BCUT2D eigenvalue weighted by atomic mass is 10.0. The second kappa shape index (κ2) is 6.84. The molecule has 0 unspecified atom stereocenters. The molecule has 1 heterocycles. The average molecular weight is 322 g/mol. The minimum absolute atomic E-state index is 0.0957. The predicted molar refractivity (Wildman–Crippen MR) is 83.4 cm³/mol. The first-order chi connectivity index (χ1) is 11.1. The van der Waals surface area contributed by atoms with Gasteiger partial charge in [0.1, 0.15) is 5.82 Å². The van der Waals surface area contributed by atoms with Gasteiger partial charge in [-0.25, -0.2) is 9.18 Å². The van der Waals surface area contributed by atoms with Gasteiger partial charge in [-0.2, -0.15) is 0 Å². The number of carbonyl (C=O) groups excluding carboxylic acids is 1. The highest BCUT2D eigenvalue weighted by Crippen LogP contribution is 2.33. The van der Waals surface area contributed by atoms with Gasteiger partial charge < -0.3 is 20.1 Å². The molecule has 0 bridgehead atoms. The zero-order valence-corrected chi connectivity index (χ0v) is 13.2. The van der Waals surface area contributed by atoms with Crippen LogP contribution in [0.15, 0.2) is 24.3 Å². The molecule has 1 aromatic carbocycles. The number of urea groups is 1. The van der Waals surface area contributed by atoms with Crippen molar-refractivity contribution in [3.8, 4) is 0 Å². The topological polar surface area (TPSA) is 61.8 Å². The third kappa shape index (κ3) is 3.64. The summed E-state index contributed by atoms with van der Waals surface area (Å²) in [6.07, 6.45) is 2.70. The number of amides is 2. The van der Waals surface area contributed by atoms with Crippen LogP contribution in [0.4, 0.5) is 9.18 Å². The fourth-order valence-electron chi connectivity index (χ4n) is 3.61. The third-order valence-corrected chi connectivity index (χ3v) is 4.82. The van der Waals surface area contributed by atoms with E-state index in [1.807, 2.05) is 0 Å². The van der Waals surface area contributed by atoms with E-state index < -0.39 is 6.10 Å². The molecule has 4 atom stereocenters. The Labute approximate surface area is 135 Å². The molecule has 0 radical (unpaired) electrons. The van der Waals surface area contributed by atoms with Gasteiger partial charge in [-0.05, 0) is 43.4 Å². The summed E-state index contributed by atoms with van der Waals surface area (Å²) < 4.78 is 18.8. The zero-order chi connectivity index (χ0) is 16.4. The Morgan fingerprint density at radius 3 is 2.91 bits per heavy atom. The monoisotopic (exact) mass is 322 g/mol. The molecule has 2 fully saturated rings. The highest BCUT2D eigenvalue weighted by molar-refractivity contribution is 5.75. The first-order valence-electron chi connectivity index (χ1n) is 8.10. The van der Waals surface area contributed by atoms with E-state index in [2.05, 4.69) is 5.32 Å². The molecule has 1 aliphatic heterocycles. The van der Waals surface area contributed by atoms with Crippen molar-refractivity contribution in [2.45, 2.75) is 50.0 Å². The van der Waals surface area contributed by atoms with Crippen molar-refractivity contribution in [1.82, 2.24) is 10.2 Å². The summed E-state index contributed by atoms with van der Waals surface area (Å²) in [6.45, 7) is 0.271. The van der Waals surface area contributed by atoms with Gasteiger partial charge in [0.25, 0.3) is 0 Å². The normalized spacial score (nSPS) is 30.7. The SMILES string of the molecule is CO[C@@H]1CC[C@H](NC(=O)N2C[C@@H](O)C[C@@H]2c2cccc(F)c2)C1. The van der Waals surface area contributed by atoms with Crippen molar-refractivity contribution >= 4 is 6.03 Å².